The number of amides is 2. The molecule has 3 aromatic rings. The fraction of sp³-hybridized carbons (Fsp3) is 0.259. The molecule has 3 fully saturated rings. The van der Waals surface area contributed by atoms with E-state index in [-0.39, 0.29) is 35.5 Å². The van der Waals surface area contributed by atoms with Gasteiger partial charge in [0.15, 0.2) is 0 Å². The molecule has 2 bridgehead atoms. The van der Waals surface area contributed by atoms with Crippen LogP contribution >= 0.6 is 0 Å². The van der Waals surface area contributed by atoms with Gasteiger partial charge < -0.3 is 4.74 Å². The molecule has 6 atom stereocenters. The predicted molar refractivity (Wildman–Crippen MR) is 118 cm³/mol. The number of hydrogen-bond donors (Lipinski definition) is 0. The van der Waals surface area contributed by atoms with E-state index in [4.69, 9.17) is 4.74 Å². The van der Waals surface area contributed by atoms with Crippen molar-refractivity contribution in [3.05, 3.63) is 78.9 Å². The van der Waals surface area contributed by atoms with Gasteiger partial charge in [0.1, 0.15) is 11.5 Å². The van der Waals surface area contributed by atoms with E-state index in [0.717, 1.165) is 11.1 Å². The van der Waals surface area contributed by atoms with Gasteiger partial charge in [-0.25, -0.2) is 0 Å². The molecule has 8 rings (SSSR count). The molecule has 0 spiro atoms. The zero-order chi connectivity index (χ0) is 20.7. The number of anilines is 1. The van der Waals surface area contributed by atoms with Crippen LogP contribution in [0, 0.1) is 35.5 Å². The average Bonchev–Trinajstić information content (AvgIpc) is 3.58. The van der Waals surface area contributed by atoms with Crippen LogP contribution in [0.4, 0.5) is 5.69 Å². The summed E-state index contributed by atoms with van der Waals surface area (Å²) >= 11 is 0. The first-order valence-electron chi connectivity index (χ1n) is 11.0. The molecular formula is C27H21NO3. The van der Waals surface area contributed by atoms with Crippen LogP contribution in [-0.2, 0) is 9.59 Å². The number of fused-ring (bicyclic) bond motifs is 1. The predicted octanol–water partition coefficient (Wildman–Crippen LogP) is 5.19. The minimum atomic E-state index is -0.167. The lowest BCUT2D eigenvalue weighted by Gasteiger charge is -2.37. The van der Waals surface area contributed by atoms with Crippen LogP contribution in [0.5, 0.6) is 11.5 Å². The van der Waals surface area contributed by atoms with Crippen molar-refractivity contribution in [3.8, 4) is 11.5 Å². The summed E-state index contributed by atoms with van der Waals surface area (Å²) in [5.41, 5.74) is 0.642. The summed E-state index contributed by atoms with van der Waals surface area (Å²) in [6.45, 7) is 0. The largest absolute Gasteiger partial charge is 0.457 e. The molecule has 31 heavy (non-hydrogen) atoms. The molecule has 4 aliphatic carbocycles. The second-order valence-electron chi connectivity index (χ2n) is 9.27. The fourth-order valence-electron chi connectivity index (χ4n) is 6.24. The van der Waals surface area contributed by atoms with Gasteiger partial charge in [-0.3, -0.25) is 14.5 Å². The average molecular weight is 407 g/mol. The van der Waals surface area contributed by atoms with Gasteiger partial charge in [-0.1, -0.05) is 42.5 Å². The third kappa shape index (κ3) is 2.42. The highest BCUT2D eigenvalue weighted by Crippen LogP contribution is 2.65. The number of carbonyl (C=O) groups is 2. The molecule has 4 heteroatoms. The monoisotopic (exact) mass is 407 g/mol. The van der Waals surface area contributed by atoms with Gasteiger partial charge in [0, 0.05) is 0 Å². The molecule has 1 heterocycles. The molecule has 2 saturated carbocycles. The first-order chi connectivity index (χ1) is 15.2. The number of allylic oxidation sites excluding steroid dienone is 2. The van der Waals surface area contributed by atoms with Crippen molar-refractivity contribution in [3.63, 3.8) is 0 Å². The van der Waals surface area contributed by atoms with Crippen LogP contribution in [0.25, 0.3) is 10.8 Å². The Morgan fingerprint density at radius 1 is 0.710 bits per heavy atom. The summed E-state index contributed by atoms with van der Waals surface area (Å²) in [5, 5.41) is 2.28. The molecule has 3 aromatic carbocycles. The van der Waals surface area contributed by atoms with Gasteiger partial charge in [-0.05, 0) is 77.3 Å². The topological polar surface area (TPSA) is 46.6 Å². The van der Waals surface area contributed by atoms with Crippen molar-refractivity contribution in [2.45, 2.75) is 6.42 Å². The highest BCUT2D eigenvalue weighted by atomic mass is 16.5. The van der Waals surface area contributed by atoms with Crippen molar-refractivity contribution < 1.29 is 14.3 Å². The summed E-state index contributed by atoms with van der Waals surface area (Å²) in [5.74, 6) is 2.78. The minimum Gasteiger partial charge on any atom is -0.457 e. The number of imide groups is 1. The maximum Gasteiger partial charge on any atom is 0.238 e. The second kappa shape index (κ2) is 6.07. The molecule has 5 aliphatic rings. The highest BCUT2D eigenvalue weighted by molar-refractivity contribution is 6.22. The summed E-state index contributed by atoms with van der Waals surface area (Å²) in [4.78, 5) is 27.9. The van der Waals surface area contributed by atoms with Crippen molar-refractivity contribution in [1.82, 2.24) is 0 Å². The Balaban J connectivity index is 1.15. The highest BCUT2D eigenvalue weighted by Gasteiger charge is 2.67. The molecule has 4 nitrogen and oxygen atoms in total. The number of carbonyl (C=O) groups excluding carboxylic acids is 2. The van der Waals surface area contributed by atoms with Crippen LogP contribution in [0.2, 0.25) is 0 Å². The van der Waals surface area contributed by atoms with Crippen LogP contribution < -0.4 is 9.64 Å². The third-order valence-corrected chi connectivity index (χ3v) is 7.71. The van der Waals surface area contributed by atoms with Crippen molar-refractivity contribution in [2.24, 2.45) is 35.5 Å². The zero-order valence-corrected chi connectivity index (χ0v) is 16.8. The smallest absolute Gasteiger partial charge is 0.238 e. The first kappa shape index (κ1) is 17.3. The van der Waals surface area contributed by atoms with Gasteiger partial charge in [-0.2, -0.15) is 0 Å². The van der Waals surface area contributed by atoms with E-state index in [0.29, 0.717) is 23.3 Å². The van der Waals surface area contributed by atoms with Crippen molar-refractivity contribution in [2.75, 3.05) is 4.90 Å². The van der Waals surface area contributed by atoms with Gasteiger partial charge in [-0.15, -0.1) is 0 Å². The van der Waals surface area contributed by atoms with Crippen molar-refractivity contribution in [1.29, 1.82) is 0 Å². The zero-order valence-electron chi connectivity index (χ0n) is 16.8. The summed E-state index contributed by atoms with van der Waals surface area (Å²) < 4.78 is 6.02. The Morgan fingerprint density at radius 3 is 2.00 bits per heavy atom. The number of benzene rings is 3. The lowest BCUT2D eigenvalue weighted by atomic mass is 9.63. The van der Waals surface area contributed by atoms with Gasteiger partial charge in [0.05, 0.1) is 17.5 Å². The Morgan fingerprint density at radius 2 is 1.32 bits per heavy atom. The Kier molecular flexibility index (Phi) is 3.39. The molecule has 152 valence electrons. The molecule has 0 radical (unpaired) electrons. The molecular weight excluding hydrogens is 386 g/mol. The molecule has 0 aromatic heterocycles. The van der Waals surface area contributed by atoms with Crippen LogP contribution in [0.1, 0.15) is 6.42 Å². The lowest BCUT2D eigenvalue weighted by Crippen LogP contribution is -2.40. The van der Waals surface area contributed by atoms with E-state index >= 15 is 0 Å². The standard InChI is InChI=1S/C27H21NO3/c29-26-24-20-11-12-21(23-14-22(20)23)25(24)27(30)28(26)17-6-9-18(10-7-17)31-19-8-5-15-3-1-2-4-16(15)13-19/h1-13,20-25H,14H2/t20-,21+,22+,23-,24+,25-. The van der Waals surface area contributed by atoms with E-state index in [2.05, 4.69) is 24.3 Å². The van der Waals surface area contributed by atoms with Gasteiger partial charge >= 0.3 is 0 Å². The molecule has 0 unspecified atom stereocenters. The maximum absolute atomic E-state index is 13.2. The minimum absolute atomic E-state index is 0.0251. The second-order valence-corrected chi connectivity index (χ2v) is 9.27. The number of nitrogens with zero attached hydrogens (tertiary/aromatic N) is 1. The SMILES string of the molecule is O=C1[C@@H]2[C@H]3C=C[C@H]([C@@H]4C[C@H]34)[C@@H]2C(=O)N1c1ccc(Oc2ccc3ccccc3c2)cc1. The molecule has 1 saturated heterocycles. The molecule has 1 aliphatic heterocycles. The number of rotatable bonds is 3. The van der Waals surface area contributed by atoms with Crippen LogP contribution in [-0.4, -0.2) is 11.8 Å². The number of ether oxygens (including phenoxy) is 1. The normalized spacial score (nSPS) is 32.3. The number of hydrogen-bond acceptors (Lipinski definition) is 3. The third-order valence-electron chi connectivity index (χ3n) is 7.71. The fourth-order valence-corrected chi connectivity index (χ4v) is 6.24. The van der Waals surface area contributed by atoms with Crippen LogP contribution in [0.3, 0.4) is 0 Å². The van der Waals surface area contributed by atoms with E-state index < -0.39 is 0 Å². The summed E-state index contributed by atoms with van der Waals surface area (Å²) in [7, 11) is 0. The molecule has 0 N–H and O–H groups in total. The van der Waals surface area contributed by atoms with E-state index in [1.165, 1.54) is 16.7 Å². The van der Waals surface area contributed by atoms with E-state index in [1.54, 1.807) is 0 Å². The van der Waals surface area contributed by atoms with E-state index in [9.17, 15) is 9.59 Å². The Bertz CT molecular complexity index is 1240. The van der Waals surface area contributed by atoms with Crippen LogP contribution in [0.15, 0.2) is 78.9 Å². The summed E-state index contributed by atoms with van der Waals surface area (Å²) in [6, 6.07) is 21.4. The maximum atomic E-state index is 13.2. The quantitative estimate of drug-likeness (QED) is 0.443. The van der Waals surface area contributed by atoms with E-state index in [1.807, 2.05) is 54.6 Å². The lowest BCUT2D eigenvalue weighted by molar-refractivity contribution is -0.124. The first-order valence-corrected chi connectivity index (χ1v) is 11.0. The van der Waals surface area contributed by atoms with Gasteiger partial charge in [0.25, 0.3) is 0 Å². The van der Waals surface area contributed by atoms with Crippen molar-refractivity contribution >= 4 is 28.3 Å². The Hall–Kier alpha value is -3.40. The molecule has 2 amide bonds. The van der Waals surface area contributed by atoms with Gasteiger partial charge in [0.2, 0.25) is 11.8 Å². The summed E-state index contributed by atoms with van der Waals surface area (Å²) in [6.07, 6.45) is 5.58. The Labute approximate surface area is 180 Å².